The van der Waals surface area contributed by atoms with Gasteiger partial charge in [0.05, 0.1) is 10.6 Å². The highest BCUT2D eigenvalue weighted by Crippen LogP contribution is 2.26. The van der Waals surface area contributed by atoms with Gasteiger partial charge in [0, 0.05) is 12.3 Å². The second kappa shape index (κ2) is 6.45. The van der Waals surface area contributed by atoms with E-state index in [0.29, 0.717) is 10.5 Å². The molecule has 122 valence electrons. The van der Waals surface area contributed by atoms with E-state index in [2.05, 4.69) is 0 Å². The van der Waals surface area contributed by atoms with Crippen LogP contribution in [0.5, 0.6) is 0 Å². The van der Waals surface area contributed by atoms with Crippen LogP contribution in [0.4, 0.5) is 18.9 Å². The van der Waals surface area contributed by atoms with Gasteiger partial charge in [-0.2, -0.15) is 13.2 Å². The molecule has 0 aliphatic carbocycles. The molecular formula is C16H14F3NO2S. The maximum Gasteiger partial charge on any atom is 0.411 e. The second-order valence-corrected chi connectivity index (χ2v) is 6.62. The maximum absolute atomic E-state index is 12.7. The number of aryl methyl sites for hydroxylation is 1. The lowest BCUT2D eigenvalue weighted by atomic mass is 10.2. The third-order valence-electron chi connectivity index (χ3n) is 2.99. The highest BCUT2D eigenvalue weighted by Gasteiger charge is 2.27. The highest BCUT2D eigenvalue weighted by molar-refractivity contribution is 7.93. The minimum Gasteiger partial charge on any atom is -0.242 e. The van der Waals surface area contributed by atoms with Crippen molar-refractivity contribution in [1.29, 1.82) is 0 Å². The normalized spacial score (nSPS) is 12.5. The molecule has 0 aliphatic rings. The third-order valence-corrected chi connectivity index (χ3v) is 4.71. The predicted molar refractivity (Wildman–Crippen MR) is 82.5 cm³/mol. The first-order valence-electron chi connectivity index (χ1n) is 6.62. The topological polar surface area (TPSA) is 37.4 Å². The molecule has 3 nitrogen and oxygen atoms in total. The fraction of sp³-hybridized carbons (Fsp3) is 0.125. The summed E-state index contributed by atoms with van der Waals surface area (Å²) in [5, 5.41) is 0. The van der Waals surface area contributed by atoms with Crippen molar-refractivity contribution < 1.29 is 21.6 Å². The van der Waals surface area contributed by atoms with E-state index in [4.69, 9.17) is 0 Å². The SMILES string of the molecule is Cc1ccc(S(=O)(=O)N(/C=C\C(F)(F)F)c2ccccc2)cc1. The molecule has 0 atom stereocenters. The first-order valence-corrected chi connectivity index (χ1v) is 8.06. The van der Waals surface area contributed by atoms with Crippen molar-refractivity contribution in [3.8, 4) is 0 Å². The Morgan fingerprint density at radius 2 is 1.52 bits per heavy atom. The molecular weight excluding hydrogens is 327 g/mol. The fourth-order valence-corrected chi connectivity index (χ4v) is 3.18. The maximum atomic E-state index is 12.7. The number of allylic oxidation sites excluding steroid dienone is 1. The number of hydrogen-bond donors (Lipinski definition) is 0. The average Bonchev–Trinajstić information content (AvgIpc) is 2.47. The number of para-hydroxylation sites is 1. The number of nitrogens with zero attached hydrogens (tertiary/aromatic N) is 1. The Balaban J connectivity index is 2.52. The number of rotatable bonds is 4. The Hall–Kier alpha value is -2.28. The number of benzene rings is 2. The summed E-state index contributed by atoms with van der Waals surface area (Å²) in [6, 6.07) is 13.5. The van der Waals surface area contributed by atoms with Gasteiger partial charge in [0.2, 0.25) is 0 Å². The van der Waals surface area contributed by atoms with E-state index in [-0.39, 0.29) is 16.7 Å². The predicted octanol–water partition coefficient (Wildman–Crippen LogP) is 4.27. The van der Waals surface area contributed by atoms with Crippen molar-refractivity contribution in [3.05, 3.63) is 72.4 Å². The molecule has 0 saturated heterocycles. The smallest absolute Gasteiger partial charge is 0.242 e. The molecule has 0 bridgehead atoms. The van der Waals surface area contributed by atoms with Gasteiger partial charge in [-0.25, -0.2) is 12.7 Å². The minimum atomic E-state index is -4.62. The molecule has 0 spiro atoms. The lowest BCUT2D eigenvalue weighted by Gasteiger charge is -2.21. The number of alkyl halides is 3. The zero-order chi connectivity index (χ0) is 17.1. The van der Waals surface area contributed by atoms with Crippen molar-refractivity contribution in [1.82, 2.24) is 0 Å². The van der Waals surface area contributed by atoms with Gasteiger partial charge in [-0.15, -0.1) is 0 Å². The van der Waals surface area contributed by atoms with Crippen LogP contribution in [0.25, 0.3) is 0 Å². The van der Waals surface area contributed by atoms with Crippen molar-refractivity contribution in [2.45, 2.75) is 18.0 Å². The molecule has 0 radical (unpaired) electrons. The van der Waals surface area contributed by atoms with Crippen molar-refractivity contribution in [3.63, 3.8) is 0 Å². The van der Waals surface area contributed by atoms with E-state index >= 15 is 0 Å². The standard InChI is InChI=1S/C16H14F3NO2S/c1-13-7-9-15(10-8-13)23(21,22)20(12-11-16(17,18)19)14-5-3-2-4-6-14/h2-12H,1H3/b12-11-. The van der Waals surface area contributed by atoms with Crippen LogP contribution in [0.15, 0.2) is 71.8 Å². The summed E-state index contributed by atoms with van der Waals surface area (Å²) in [5.41, 5.74) is 0.967. The molecule has 0 fully saturated rings. The summed E-state index contributed by atoms with van der Waals surface area (Å²) in [5.74, 6) is 0. The first kappa shape index (κ1) is 17.1. The van der Waals surface area contributed by atoms with E-state index in [1.807, 2.05) is 0 Å². The van der Waals surface area contributed by atoms with Gasteiger partial charge >= 0.3 is 6.18 Å². The van der Waals surface area contributed by atoms with Gasteiger partial charge in [0.1, 0.15) is 0 Å². The summed E-state index contributed by atoms with van der Waals surface area (Å²) in [7, 11) is -4.15. The molecule has 0 aromatic heterocycles. The Labute approximate surface area is 132 Å². The lowest BCUT2D eigenvalue weighted by molar-refractivity contribution is -0.0799. The number of hydrogen-bond acceptors (Lipinski definition) is 2. The molecule has 7 heteroatoms. The summed E-state index contributed by atoms with van der Waals surface area (Å²) >= 11 is 0. The summed E-state index contributed by atoms with van der Waals surface area (Å²) < 4.78 is 63.4. The van der Waals surface area contributed by atoms with Gasteiger partial charge < -0.3 is 0 Å². The van der Waals surface area contributed by atoms with Crippen LogP contribution in [-0.2, 0) is 10.0 Å². The van der Waals surface area contributed by atoms with E-state index in [1.54, 1.807) is 37.3 Å². The molecule has 0 N–H and O–H groups in total. The Morgan fingerprint density at radius 1 is 0.957 bits per heavy atom. The van der Waals surface area contributed by atoms with Crippen LogP contribution in [-0.4, -0.2) is 14.6 Å². The van der Waals surface area contributed by atoms with Gasteiger partial charge in [-0.1, -0.05) is 35.9 Å². The lowest BCUT2D eigenvalue weighted by Crippen LogP contribution is -2.26. The van der Waals surface area contributed by atoms with Crippen molar-refractivity contribution in [2.24, 2.45) is 0 Å². The molecule has 0 saturated carbocycles. The van der Waals surface area contributed by atoms with Gasteiger partial charge in [-0.3, -0.25) is 0 Å². The summed E-state index contributed by atoms with van der Waals surface area (Å²) in [6.07, 6.45) is -4.20. The van der Waals surface area contributed by atoms with Crippen molar-refractivity contribution >= 4 is 15.7 Å². The molecule has 0 amide bonds. The van der Waals surface area contributed by atoms with Crippen molar-refractivity contribution in [2.75, 3.05) is 4.31 Å². The van der Waals surface area contributed by atoms with Crippen LogP contribution in [0.1, 0.15) is 5.56 Å². The summed E-state index contributed by atoms with van der Waals surface area (Å²) in [4.78, 5) is -0.0845. The molecule has 2 aromatic carbocycles. The van der Waals surface area contributed by atoms with Gasteiger partial charge in [0.25, 0.3) is 10.0 Å². The van der Waals surface area contributed by atoms with Crippen LogP contribution in [0.3, 0.4) is 0 Å². The zero-order valence-corrected chi connectivity index (χ0v) is 13.0. The summed E-state index contributed by atoms with van der Waals surface area (Å²) in [6.45, 7) is 1.79. The largest absolute Gasteiger partial charge is 0.411 e. The Morgan fingerprint density at radius 3 is 2.04 bits per heavy atom. The fourth-order valence-electron chi connectivity index (χ4n) is 1.86. The van der Waals surface area contributed by atoms with E-state index in [9.17, 15) is 21.6 Å². The molecule has 0 heterocycles. The number of anilines is 1. The average molecular weight is 341 g/mol. The molecule has 0 aliphatic heterocycles. The van der Waals surface area contributed by atoms with Crippen LogP contribution in [0, 0.1) is 6.92 Å². The number of halogens is 3. The Bertz CT molecular complexity index is 782. The van der Waals surface area contributed by atoms with Gasteiger partial charge in [0.15, 0.2) is 0 Å². The van der Waals surface area contributed by atoms with Gasteiger partial charge in [-0.05, 0) is 31.2 Å². The zero-order valence-electron chi connectivity index (χ0n) is 12.2. The molecule has 2 aromatic rings. The second-order valence-electron chi connectivity index (χ2n) is 4.81. The monoisotopic (exact) mass is 341 g/mol. The molecule has 23 heavy (non-hydrogen) atoms. The van der Waals surface area contributed by atoms with E-state index in [1.165, 1.54) is 24.3 Å². The molecule has 2 rings (SSSR count). The van der Waals surface area contributed by atoms with E-state index in [0.717, 1.165) is 5.56 Å². The minimum absolute atomic E-state index is 0.0845. The first-order chi connectivity index (χ1) is 10.7. The van der Waals surface area contributed by atoms with E-state index < -0.39 is 16.2 Å². The highest BCUT2D eigenvalue weighted by atomic mass is 32.2. The number of sulfonamides is 1. The van der Waals surface area contributed by atoms with Crippen LogP contribution >= 0.6 is 0 Å². The quantitative estimate of drug-likeness (QED) is 0.833. The molecule has 0 unspecified atom stereocenters. The third kappa shape index (κ3) is 4.35. The Kier molecular flexibility index (Phi) is 4.79. The van der Waals surface area contributed by atoms with Crippen LogP contribution in [0.2, 0.25) is 0 Å². The van der Waals surface area contributed by atoms with Crippen LogP contribution < -0.4 is 4.31 Å².